The van der Waals surface area contributed by atoms with E-state index in [0.717, 1.165) is 30.4 Å². The summed E-state index contributed by atoms with van der Waals surface area (Å²) in [7, 11) is 0. The first kappa shape index (κ1) is 21.1. The standard InChI is InChI=1S/C25H27FN4O/c1-15-6-7-21(26)20(12-15)22-4-3-5-23(29-22)25(31)30-24-14-28-9-8-19(24)17-10-16(2)11-18(27)13-17/h3-9,12,14,16-18H,10-11,13,27H2,1-2H3,(H,30,31)/t16-,17+,18+/m0/s1. The summed E-state index contributed by atoms with van der Waals surface area (Å²) in [5.41, 5.74) is 9.92. The van der Waals surface area contributed by atoms with Gasteiger partial charge in [0, 0.05) is 17.8 Å². The van der Waals surface area contributed by atoms with Gasteiger partial charge >= 0.3 is 0 Å². The summed E-state index contributed by atoms with van der Waals surface area (Å²) in [6, 6.07) is 12.0. The Bertz CT molecular complexity index is 1090. The van der Waals surface area contributed by atoms with Crippen molar-refractivity contribution in [2.75, 3.05) is 5.32 Å². The number of carbonyl (C=O) groups excluding carboxylic acids is 1. The van der Waals surface area contributed by atoms with E-state index in [0.29, 0.717) is 22.9 Å². The van der Waals surface area contributed by atoms with Crippen LogP contribution in [0.25, 0.3) is 11.3 Å². The lowest BCUT2D eigenvalue weighted by atomic mass is 9.76. The topological polar surface area (TPSA) is 80.9 Å². The second-order valence-electron chi connectivity index (χ2n) is 8.58. The largest absolute Gasteiger partial charge is 0.328 e. The minimum atomic E-state index is -0.368. The third-order valence-corrected chi connectivity index (χ3v) is 5.90. The minimum Gasteiger partial charge on any atom is -0.328 e. The van der Waals surface area contributed by atoms with Crippen LogP contribution in [0.5, 0.6) is 0 Å². The van der Waals surface area contributed by atoms with Crippen molar-refractivity contribution in [3.8, 4) is 11.3 Å². The maximum atomic E-state index is 14.3. The van der Waals surface area contributed by atoms with Gasteiger partial charge in [-0.25, -0.2) is 9.37 Å². The Kier molecular flexibility index (Phi) is 6.09. The van der Waals surface area contributed by atoms with Crippen molar-refractivity contribution in [3.63, 3.8) is 0 Å². The summed E-state index contributed by atoms with van der Waals surface area (Å²) in [6.07, 6.45) is 6.35. The van der Waals surface area contributed by atoms with Crippen LogP contribution in [0.2, 0.25) is 0 Å². The van der Waals surface area contributed by atoms with E-state index in [2.05, 4.69) is 22.2 Å². The van der Waals surface area contributed by atoms with Crippen molar-refractivity contribution in [2.45, 2.75) is 45.1 Å². The number of nitrogens with zero attached hydrogens (tertiary/aromatic N) is 2. The molecule has 4 rings (SSSR count). The summed E-state index contributed by atoms with van der Waals surface area (Å²) in [4.78, 5) is 21.6. The molecule has 6 heteroatoms. The predicted octanol–water partition coefficient (Wildman–Crippen LogP) is 5.07. The van der Waals surface area contributed by atoms with E-state index in [1.807, 2.05) is 13.0 Å². The Hall–Kier alpha value is -3.12. The van der Waals surface area contributed by atoms with Gasteiger partial charge in [-0.1, -0.05) is 24.6 Å². The minimum absolute atomic E-state index is 0.160. The number of rotatable bonds is 4. The van der Waals surface area contributed by atoms with Crippen LogP contribution < -0.4 is 11.1 Å². The SMILES string of the molecule is Cc1ccc(F)c(-c2cccc(C(=O)Nc3cnccc3[C@@H]3C[C@H](C)C[C@@H](N)C3)n2)c1. The van der Waals surface area contributed by atoms with Crippen molar-refractivity contribution in [2.24, 2.45) is 11.7 Å². The molecule has 1 aliphatic rings. The molecule has 2 heterocycles. The second-order valence-corrected chi connectivity index (χ2v) is 8.58. The molecule has 31 heavy (non-hydrogen) atoms. The van der Waals surface area contributed by atoms with Crippen molar-refractivity contribution in [1.29, 1.82) is 0 Å². The van der Waals surface area contributed by atoms with Crippen molar-refractivity contribution in [3.05, 3.63) is 77.5 Å². The van der Waals surface area contributed by atoms with Gasteiger partial charge in [0.2, 0.25) is 0 Å². The molecule has 1 aromatic carbocycles. The van der Waals surface area contributed by atoms with E-state index in [9.17, 15) is 9.18 Å². The van der Waals surface area contributed by atoms with E-state index in [4.69, 9.17) is 5.73 Å². The highest BCUT2D eigenvalue weighted by Crippen LogP contribution is 2.38. The predicted molar refractivity (Wildman–Crippen MR) is 120 cm³/mol. The number of aryl methyl sites for hydroxylation is 1. The van der Waals surface area contributed by atoms with Crippen LogP contribution in [-0.2, 0) is 0 Å². The highest BCUT2D eigenvalue weighted by atomic mass is 19.1. The number of hydrogen-bond donors (Lipinski definition) is 2. The van der Waals surface area contributed by atoms with Gasteiger partial charge in [0.15, 0.2) is 0 Å². The summed E-state index contributed by atoms with van der Waals surface area (Å²) in [5, 5.41) is 2.96. The van der Waals surface area contributed by atoms with E-state index >= 15 is 0 Å². The molecule has 0 aliphatic heterocycles. The monoisotopic (exact) mass is 418 g/mol. The molecule has 3 N–H and O–H groups in total. The van der Waals surface area contributed by atoms with Gasteiger partial charge in [-0.2, -0.15) is 0 Å². The van der Waals surface area contributed by atoms with Gasteiger partial charge in [-0.15, -0.1) is 0 Å². The number of anilines is 1. The van der Waals surface area contributed by atoms with Gasteiger partial charge in [0.1, 0.15) is 11.5 Å². The number of halogens is 1. The van der Waals surface area contributed by atoms with E-state index < -0.39 is 0 Å². The summed E-state index contributed by atoms with van der Waals surface area (Å²) in [5.74, 6) is 0.0936. The van der Waals surface area contributed by atoms with Gasteiger partial charge in [-0.05, 0) is 73.9 Å². The fraction of sp³-hybridized carbons (Fsp3) is 0.320. The molecule has 5 nitrogen and oxygen atoms in total. The Labute approximate surface area is 181 Å². The number of amides is 1. The van der Waals surface area contributed by atoms with Crippen LogP contribution in [0.1, 0.15) is 53.7 Å². The zero-order valence-corrected chi connectivity index (χ0v) is 17.8. The Balaban J connectivity index is 1.59. The van der Waals surface area contributed by atoms with Crippen LogP contribution in [0.4, 0.5) is 10.1 Å². The number of nitrogens with two attached hydrogens (primary N) is 1. The van der Waals surface area contributed by atoms with Crippen LogP contribution in [0, 0.1) is 18.7 Å². The number of carbonyl (C=O) groups is 1. The lowest BCUT2D eigenvalue weighted by Gasteiger charge is -2.32. The molecule has 160 valence electrons. The van der Waals surface area contributed by atoms with Crippen LogP contribution in [-0.4, -0.2) is 21.9 Å². The van der Waals surface area contributed by atoms with Crippen molar-refractivity contribution in [1.82, 2.24) is 9.97 Å². The Morgan fingerprint density at radius 3 is 2.81 bits per heavy atom. The number of pyridine rings is 2. The van der Waals surface area contributed by atoms with Crippen molar-refractivity contribution >= 4 is 11.6 Å². The highest BCUT2D eigenvalue weighted by Gasteiger charge is 2.27. The molecule has 1 saturated carbocycles. The van der Waals surface area contributed by atoms with E-state index in [-0.39, 0.29) is 29.4 Å². The molecular weight excluding hydrogens is 391 g/mol. The van der Waals surface area contributed by atoms with Gasteiger partial charge in [-0.3, -0.25) is 9.78 Å². The summed E-state index contributed by atoms with van der Waals surface area (Å²) >= 11 is 0. The first-order chi connectivity index (χ1) is 14.9. The lowest BCUT2D eigenvalue weighted by Crippen LogP contribution is -2.31. The average molecular weight is 419 g/mol. The Morgan fingerprint density at radius 1 is 1.16 bits per heavy atom. The molecule has 0 saturated heterocycles. The molecule has 0 radical (unpaired) electrons. The van der Waals surface area contributed by atoms with Crippen LogP contribution in [0.3, 0.4) is 0 Å². The molecule has 3 aromatic rings. The smallest absolute Gasteiger partial charge is 0.274 e. The van der Waals surface area contributed by atoms with Crippen LogP contribution >= 0.6 is 0 Å². The first-order valence-electron chi connectivity index (χ1n) is 10.6. The molecule has 1 amide bonds. The number of benzene rings is 1. The summed E-state index contributed by atoms with van der Waals surface area (Å²) < 4.78 is 14.3. The fourth-order valence-electron chi connectivity index (χ4n) is 4.51. The summed E-state index contributed by atoms with van der Waals surface area (Å²) in [6.45, 7) is 4.10. The highest BCUT2D eigenvalue weighted by molar-refractivity contribution is 6.03. The van der Waals surface area contributed by atoms with E-state index in [1.54, 1.807) is 42.7 Å². The fourth-order valence-corrected chi connectivity index (χ4v) is 4.51. The maximum Gasteiger partial charge on any atom is 0.274 e. The number of hydrogen-bond acceptors (Lipinski definition) is 4. The van der Waals surface area contributed by atoms with Crippen LogP contribution in [0.15, 0.2) is 54.9 Å². The molecule has 0 spiro atoms. The lowest BCUT2D eigenvalue weighted by molar-refractivity contribution is 0.102. The quantitative estimate of drug-likeness (QED) is 0.619. The van der Waals surface area contributed by atoms with Gasteiger partial charge in [0.05, 0.1) is 17.6 Å². The van der Waals surface area contributed by atoms with Gasteiger partial charge in [0.25, 0.3) is 5.91 Å². The average Bonchev–Trinajstić information content (AvgIpc) is 2.75. The van der Waals surface area contributed by atoms with Crippen molar-refractivity contribution < 1.29 is 9.18 Å². The Morgan fingerprint density at radius 2 is 2.00 bits per heavy atom. The second kappa shape index (κ2) is 8.94. The molecule has 2 aromatic heterocycles. The number of aromatic nitrogens is 2. The third kappa shape index (κ3) is 4.80. The normalized spacial score (nSPS) is 21.0. The molecule has 3 atom stereocenters. The zero-order chi connectivity index (χ0) is 22.0. The molecule has 1 aliphatic carbocycles. The number of nitrogens with one attached hydrogen (secondary N) is 1. The molecule has 1 fully saturated rings. The maximum absolute atomic E-state index is 14.3. The third-order valence-electron chi connectivity index (χ3n) is 5.90. The first-order valence-corrected chi connectivity index (χ1v) is 10.6. The van der Waals surface area contributed by atoms with Gasteiger partial charge < -0.3 is 11.1 Å². The molecular formula is C25H27FN4O. The molecule has 0 unspecified atom stereocenters. The zero-order valence-electron chi connectivity index (χ0n) is 17.8. The van der Waals surface area contributed by atoms with E-state index in [1.165, 1.54) is 6.07 Å². The molecule has 0 bridgehead atoms.